The quantitative estimate of drug-likeness (QED) is 0.359. The van der Waals surface area contributed by atoms with Gasteiger partial charge in [-0.05, 0) is 75.1 Å². The standard InChI is InChI=1S/C32H37N5O5/c1-20(38)35-26-9-6-10-28(41-19-21-11-13-23(40-5)14-12-21)29(26)27-16-24(25(17-33)30(34)36-27)22-8-7-15-37(18-22)31(39)42-32(2,3)4/h6,9-14,16,22H,7-8,15,18-19H2,1-5H3,(H2,34,36)(H,35,38). The lowest BCUT2D eigenvalue weighted by atomic mass is 9.87. The molecule has 1 aromatic heterocycles. The number of nitrogens with zero attached hydrogens (tertiary/aromatic N) is 3. The van der Waals surface area contributed by atoms with Gasteiger partial charge in [-0.25, -0.2) is 9.78 Å². The number of carbonyl (C=O) groups excluding carboxylic acids is 2. The van der Waals surface area contributed by atoms with Gasteiger partial charge < -0.3 is 30.2 Å². The highest BCUT2D eigenvalue weighted by Crippen LogP contribution is 2.40. The summed E-state index contributed by atoms with van der Waals surface area (Å²) in [7, 11) is 1.61. The molecule has 1 unspecified atom stereocenters. The van der Waals surface area contributed by atoms with Crippen molar-refractivity contribution >= 4 is 23.5 Å². The first kappa shape index (κ1) is 30.2. The van der Waals surface area contributed by atoms with E-state index in [1.54, 1.807) is 30.2 Å². The van der Waals surface area contributed by atoms with E-state index in [1.807, 2.05) is 51.1 Å². The highest BCUT2D eigenvalue weighted by atomic mass is 16.6. The van der Waals surface area contributed by atoms with Crippen molar-refractivity contribution in [2.45, 2.75) is 58.7 Å². The largest absolute Gasteiger partial charge is 0.497 e. The van der Waals surface area contributed by atoms with Gasteiger partial charge in [0.1, 0.15) is 35.6 Å². The topological polar surface area (TPSA) is 140 Å². The van der Waals surface area contributed by atoms with Gasteiger partial charge in [0.05, 0.1) is 29.6 Å². The molecule has 0 radical (unpaired) electrons. The van der Waals surface area contributed by atoms with E-state index < -0.39 is 11.7 Å². The number of hydrogen-bond donors (Lipinski definition) is 2. The monoisotopic (exact) mass is 571 g/mol. The minimum Gasteiger partial charge on any atom is -0.497 e. The number of benzene rings is 2. The molecule has 3 N–H and O–H groups in total. The fraction of sp³-hybridized carbons (Fsp3) is 0.375. The predicted octanol–water partition coefficient (Wildman–Crippen LogP) is 5.86. The molecule has 4 rings (SSSR count). The second-order valence-electron chi connectivity index (χ2n) is 11.2. The number of likely N-dealkylation sites (tertiary alicyclic amines) is 1. The Labute approximate surface area is 246 Å². The van der Waals surface area contributed by atoms with Crippen LogP contribution in [0.5, 0.6) is 11.5 Å². The number of ether oxygens (including phenoxy) is 3. The van der Waals surface area contributed by atoms with Crippen LogP contribution in [0, 0.1) is 11.3 Å². The summed E-state index contributed by atoms with van der Waals surface area (Å²) in [6.45, 7) is 8.11. The lowest BCUT2D eigenvalue weighted by Crippen LogP contribution is -2.42. The summed E-state index contributed by atoms with van der Waals surface area (Å²) < 4.78 is 17.1. The van der Waals surface area contributed by atoms with Crippen molar-refractivity contribution in [1.82, 2.24) is 9.88 Å². The average Bonchev–Trinajstić information content (AvgIpc) is 2.95. The Morgan fingerprint density at radius 2 is 1.93 bits per heavy atom. The summed E-state index contributed by atoms with van der Waals surface area (Å²) in [5.41, 5.74) is 9.11. The third-order valence-electron chi connectivity index (χ3n) is 6.85. The fourth-order valence-electron chi connectivity index (χ4n) is 4.97. The van der Waals surface area contributed by atoms with Crippen molar-refractivity contribution < 1.29 is 23.8 Å². The second-order valence-corrected chi connectivity index (χ2v) is 11.2. The SMILES string of the molecule is COc1ccc(COc2cccc(NC(C)=O)c2-c2cc(C3CCCN(C(=O)OC(C)(C)C)C3)c(C#N)c(N)n2)cc1. The molecule has 0 aliphatic carbocycles. The molecular formula is C32H37N5O5. The first-order valence-electron chi connectivity index (χ1n) is 13.8. The Morgan fingerprint density at radius 3 is 2.57 bits per heavy atom. The maximum absolute atomic E-state index is 12.9. The molecule has 1 aliphatic heterocycles. The summed E-state index contributed by atoms with van der Waals surface area (Å²) in [6.07, 6.45) is 1.11. The van der Waals surface area contributed by atoms with Crippen molar-refractivity contribution in [3.63, 3.8) is 0 Å². The minimum absolute atomic E-state index is 0.0677. The number of rotatable bonds is 7. The number of nitrogens with two attached hydrogens (primary N) is 1. The van der Waals surface area contributed by atoms with Crippen LogP contribution < -0.4 is 20.5 Å². The zero-order valence-corrected chi connectivity index (χ0v) is 24.7. The summed E-state index contributed by atoms with van der Waals surface area (Å²) >= 11 is 0. The molecule has 3 aromatic rings. The number of hydrogen-bond acceptors (Lipinski definition) is 8. The number of methoxy groups -OCH3 is 1. The number of nitrogens with one attached hydrogen (secondary N) is 1. The highest BCUT2D eigenvalue weighted by molar-refractivity contribution is 5.95. The van der Waals surface area contributed by atoms with Gasteiger partial charge in [-0.15, -0.1) is 0 Å². The molecular weight excluding hydrogens is 534 g/mol. The van der Waals surface area contributed by atoms with Gasteiger partial charge in [-0.1, -0.05) is 18.2 Å². The molecule has 1 saturated heterocycles. The zero-order valence-electron chi connectivity index (χ0n) is 24.7. The molecule has 1 fully saturated rings. The van der Waals surface area contributed by atoms with Crippen molar-refractivity contribution in [1.29, 1.82) is 5.26 Å². The number of nitrogen functional groups attached to an aromatic ring is 1. The zero-order chi connectivity index (χ0) is 30.4. The number of aromatic nitrogens is 1. The van der Waals surface area contributed by atoms with Crippen LogP contribution in [-0.4, -0.2) is 47.7 Å². The van der Waals surface area contributed by atoms with Gasteiger partial charge in [0.2, 0.25) is 5.91 Å². The number of amides is 2. The van der Waals surface area contributed by atoms with Crippen molar-refractivity contribution in [3.8, 4) is 28.8 Å². The van der Waals surface area contributed by atoms with E-state index in [4.69, 9.17) is 19.9 Å². The Kier molecular flexibility index (Phi) is 9.21. The summed E-state index contributed by atoms with van der Waals surface area (Å²) in [6, 6.07) is 16.9. The smallest absolute Gasteiger partial charge is 0.410 e. The van der Waals surface area contributed by atoms with Gasteiger partial charge in [-0.2, -0.15) is 5.26 Å². The Hall–Kier alpha value is -4.78. The van der Waals surface area contributed by atoms with Crippen LogP contribution in [0.2, 0.25) is 0 Å². The molecule has 2 amide bonds. The van der Waals surface area contributed by atoms with Crippen molar-refractivity contribution in [3.05, 3.63) is 65.2 Å². The van der Waals surface area contributed by atoms with E-state index in [1.165, 1.54) is 6.92 Å². The third kappa shape index (κ3) is 7.29. The van der Waals surface area contributed by atoms with E-state index in [0.29, 0.717) is 41.3 Å². The maximum atomic E-state index is 12.9. The van der Waals surface area contributed by atoms with Gasteiger partial charge >= 0.3 is 6.09 Å². The molecule has 10 nitrogen and oxygen atoms in total. The van der Waals surface area contributed by atoms with Crippen LogP contribution in [0.3, 0.4) is 0 Å². The Balaban J connectivity index is 1.73. The molecule has 42 heavy (non-hydrogen) atoms. The lowest BCUT2D eigenvalue weighted by Gasteiger charge is -2.34. The molecule has 2 aromatic carbocycles. The molecule has 2 heterocycles. The van der Waals surface area contributed by atoms with Gasteiger partial charge in [-0.3, -0.25) is 4.79 Å². The first-order valence-corrected chi connectivity index (χ1v) is 13.8. The van der Waals surface area contributed by atoms with Crippen LogP contribution in [0.25, 0.3) is 11.3 Å². The summed E-state index contributed by atoms with van der Waals surface area (Å²) in [4.78, 5) is 31.2. The lowest BCUT2D eigenvalue weighted by molar-refractivity contribution is -0.114. The van der Waals surface area contributed by atoms with Crippen LogP contribution in [-0.2, 0) is 16.1 Å². The van der Waals surface area contributed by atoms with E-state index in [-0.39, 0.29) is 29.8 Å². The summed E-state index contributed by atoms with van der Waals surface area (Å²) in [5.74, 6) is 0.869. The van der Waals surface area contributed by atoms with Crippen molar-refractivity contribution in [2.24, 2.45) is 0 Å². The van der Waals surface area contributed by atoms with Crippen LogP contribution >= 0.6 is 0 Å². The summed E-state index contributed by atoms with van der Waals surface area (Å²) in [5, 5.41) is 12.9. The molecule has 0 spiro atoms. The number of nitriles is 1. The molecule has 1 atom stereocenters. The first-order chi connectivity index (χ1) is 20.0. The number of carbonyl (C=O) groups is 2. The van der Waals surface area contributed by atoms with Crippen LogP contribution in [0.1, 0.15) is 63.1 Å². The van der Waals surface area contributed by atoms with Crippen LogP contribution in [0.4, 0.5) is 16.3 Å². The maximum Gasteiger partial charge on any atom is 0.410 e. The number of pyridine rings is 1. The normalized spacial score (nSPS) is 15.0. The number of piperidine rings is 1. The average molecular weight is 572 g/mol. The minimum atomic E-state index is -0.619. The predicted molar refractivity (Wildman–Crippen MR) is 160 cm³/mol. The molecule has 0 saturated carbocycles. The number of anilines is 2. The van der Waals surface area contributed by atoms with Crippen LogP contribution in [0.15, 0.2) is 48.5 Å². The molecule has 10 heteroatoms. The van der Waals surface area contributed by atoms with E-state index in [0.717, 1.165) is 24.2 Å². The van der Waals surface area contributed by atoms with Gasteiger partial charge in [0.25, 0.3) is 0 Å². The van der Waals surface area contributed by atoms with E-state index in [9.17, 15) is 14.9 Å². The fourth-order valence-corrected chi connectivity index (χ4v) is 4.97. The second kappa shape index (κ2) is 12.8. The van der Waals surface area contributed by atoms with E-state index in [2.05, 4.69) is 16.4 Å². The molecule has 1 aliphatic rings. The third-order valence-corrected chi connectivity index (χ3v) is 6.85. The van der Waals surface area contributed by atoms with Gasteiger partial charge in [0.15, 0.2) is 0 Å². The molecule has 220 valence electrons. The highest BCUT2D eigenvalue weighted by Gasteiger charge is 2.31. The Bertz CT molecular complexity index is 1490. The van der Waals surface area contributed by atoms with Gasteiger partial charge in [0, 0.05) is 25.9 Å². The Morgan fingerprint density at radius 1 is 1.19 bits per heavy atom. The van der Waals surface area contributed by atoms with Crippen molar-refractivity contribution in [2.75, 3.05) is 31.2 Å². The van der Waals surface area contributed by atoms with E-state index >= 15 is 0 Å². The molecule has 0 bridgehead atoms.